The van der Waals surface area contributed by atoms with Crippen LogP contribution in [0.1, 0.15) is 5.56 Å². The highest BCUT2D eigenvalue weighted by Gasteiger charge is 2.28. The molecule has 0 radical (unpaired) electrons. The number of anilines is 1. The Labute approximate surface area is 172 Å². The van der Waals surface area contributed by atoms with Crippen LogP contribution in [0.4, 0.5) is 14.5 Å². The molecule has 0 saturated carbocycles. The van der Waals surface area contributed by atoms with Gasteiger partial charge in [-0.05, 0) is 42.0 Å². The fourth-order valence-corrected chi connectivity index (χ4v) is 4.02. The predicted octanol–water partition coefficient (Wildman–Crippen LogP) is 3.31. The number of hydrogen-bond donors (Lipinski definition) is 1. The number of sulfonamides is 1. The monoisotopic (exact) mass is 429 g/mol. The van der Waals surface area contributed by atoms with E-state index in [1.54, 1.807) is 6.07 Å². The van der Waals surface area contributed by atoms with Crippen molar-refractivity contribution in [2.45, 2.75) is 4.90 Å². The Morgan fingerprint density at radius 3 is 2.23 bits per heavy atom. The van der Waals surface area contributed by atoms with E-state index in [9.17, 15) is 22.0 Å². The Bertz CT molecular complexity index is 1150. The van der Waals surface area contributed by atoms with Gasteiger partial charge in [-0.15, -0.1) is 0 Å². The van der Waals surface area contributed by atoms with Gasteiger partial charge in [0.15, 0.2) is 0 Å². The second kappa shape index (κ2) is 9.27. The largest absolute Gasteiger partial charge is 0.271 e. The van der Waals surface area contributed by atoms with Crippen molar-refractivity contribution < 1.29 is 22.0 Å². The number of carbonyl (C=O) groups is 1. The van der Waals surface area contributed by atoms with E-state index in [0.29, 0.717) is 9.87 Å². The molecule has 0 unspecified atom stereocenters. The molecule has 0 aliphatic heterocycles. The van der Waals surface area contributed by atoms with Crippen LogP contribution in [0.25, 0.3) is 0 Å². The second-order valence-electron chi connectivity index (χ2n) is 6.12. The molecule has 30 heavy (non-hydrogen) atoms. The van der Waals surface area contributed by atoms with Gasteiger partial charge in [-0.3, -0.25) is 9.10 Å². The van der Waals surface area contributed by atoms with Crippen molar-refractivity contribution in [2.75, 3.05) is 10.8 Å². The number of rotatable bonds is 7. The normalized spacial score (nSPS) is 11.4. The lowest BCUT2D eigenvalue weighted by atomic mass is 10.2. The highest BCUT2D eigenvalue weighted by molar-refractivity contribution is 7.92. The van der Waals surface area contributed by atoms with Crippen molar-refractivity contribution in [3.63, 3.8) is 0 Å². The van der Waals surface area contributed by atoms with Gasteiger partial charge in [0.05, 0.1) is 16.8 Å². The van der Waals surface area contributed by atoms with Gasteiger partial charge in [-0.1, -0.05) is 42.5 Å². The molecule has 0 bridgehead atoms. The van der Waals surface area contributed by atoms with Crippen LogP contribution in [0.15, 0.2) is 88.9 Å². The topological polar surface area (TPSA) is 78.8 Å². The summed E-state index contributed by atoms with van der Waals surface area (Å²) in [6, 6.07) is 18.0. The van der Waals surface area contributed by atoms with E-state index in [1.165, 1.54) is 72.9 Å². The lowest BCUT2D eigenvalue weighted by Gasteiger charge is -2.24. The quantitative estimate of drug-likeness (QED) is 0.462. The summed E-state index contributed by atoms with van der Waals surface area (Å²) in [5, 5.41) is 3.73. The molecule has 0 atom stereocenters. The zero-order valence-corrected chi connectivity index (χ0v) is 16.4. The molecule has 6 nitrogen and oxygen atoms in total. The first-order valence-corrected chi connectivity index (χ1v) is 10.2. The van der Waals surface area contributed by atoms with Gasteiger partial charge in [0.25, 0.3) is 15.9 Å². The maximum absolute atomic E-state index is 14.3. The fraction of sp³-hybridized carbons (Fsp3) is 0.0476. The lowest BCUT2D eigenvalue weighted by molar-refractivity contribution is -0.119. The van der Waals surface area contributed by atoms with Crippen LogP contribution in [-0.2, 0) is 14.8 Å². The van der Waals surface area contributed by atoms with E-state index in [0.717, 1.165) is 6.07 Å². The van der Waals surface area contributed by atoms with E-state index in [1.807, 2.05) is 0 Å². The first-order chi connectivity index (χ1) is 14.4. The predicted molar refractivity (Wildman–Crippen MR) is 110 cm³/mol. The molecule has 0 spiro atoms. The van der Waals surface area contributed by atoms with E-state index in [2.05, 4.69) is 10.5 Å². The highest BCUT2D eigenvalue weighted by atomic mass is 32.2. The standard InChI is InChI=1S/C21H17F2N3O3S/c22-17-12-10-16(11-13-17)14-24-25-21(27)15-26(20-9-5-4-8-19(20)23)30(28,29)18-6-2-1-3-7-18/h1-14H,15H2,(H,25,27)/b24-14-. The average molecular weight is 429 g/mol. The molecule has 0 saturated heterocycles. The number of hydrazone groups is 1. The molecule has 154 valence electrons. The molecular formula is C21H17F2N3O3S. The second-order valence-corrected chi connectivity index (χ2v) is 7.98. The number of amides is 1. The number of halogens is 2. The molecule has 9 heteroatoms. The third-order valence-electron chi connectivity index (χ3n) is 4.01. The van der Waals surface area contributed by atoms with E-state index in [-0.39, 0.29) is 10.6 Å². The number of para-hydroxylation sites is 1. The van der Waals surface area contributed by atoms with Crippen LogP contribution < -0.4 is 9.73 Å². The summed E-state index contributed by atoms with van der Waals surface area (Å²) in [5.74, 6) is -1.99. The third kappa shape index (κ3) is 5.06. The van der Waals surface area contributed by atoms with Crippen LogP contribution in [0.3, 0.4) is 0 Å². The van der Waals surface area contributed by atoms with Crippen LogP contribution in [0.2, 0.25) is 0 Å². The van der Waals surface area contributed by atoms with Crippen LogP contribution in [-0.4, -0.2) is 27.1 Å². The van der Waals surface area contributed by atoms with Crippen molar-refractivity contribution >= 4 is 27.8 Å². The van der Waals surface area contributed by atoms with Crippen molar-refractivity contribution in [3.8, 4) is 0 Å². The molecule has 1 amide bonds. The van der Waals surface area contributed by atoms with Gasteiger partial charge in [-0.25, -0.2) is 22.6 Å². The minimum atomic E-state index is -4.21. The van der Waals surface area contributed by atoms with E-state index in [4.69, 9.17) is 0 Å². The number of nitrogens with zero attached hydrogens (tertiary/aromatic N) is 2. The fourth-order valence-electron chi connectivity index (χ4n) is 2.57. The van der Waals surface area contributed by atoms with Crippen molar-refractivity contribution in [1.82, 2.24) is 5.43 Å². The summed E-state index contributed by atoms with van der Waals surface area (Å²) in [4.78, 5) is 12.3. The molecule has 1 N–H and O–H groups in total. The average Bonchev–Trinajstić information content (AvgIpc) is 2.75. The Balaban J connectivity index is 1.83. The minimum Gasteiger partial charge on any atom is -0.271 e. The third-order valence-corrected chi connectivity index (χ3v) is 5.79. The van der Waals surface area contributed by atoms with Gasteiger partial charge in [0.1, 0.15) is 18.2 Å². The Morgan fingerprint density at radius 1 is 0.933 bits per heavy atom. The smallest absolute Gasteiger partial charge is 0.264 e. The Hall–Kier alpha value is -3.59. The highest BCUT2D eigenvalue weighted by Crippen LogP contribution is 2.25. The summed E-state index contributed by atoms with van der Waals surface area (Å²) in [6.07, 6.45) is 1.27. The number of benzene rings is 3. The molecule has 0 aliphatic rings. The lowest BCUT2D eigenvalue weighted by Crippen LogP contribution is -2.40. The molecule has 3 aromatic rings. The molecule has 0 aliphatic carbocycles. The van der Waals surface area contributed by atoms with Crippen LogP contribution >= 0.6 is 0 Å². The van der Waals surface area contributed by atoms with Crippen LogP contribution in [0.5, 0.6) is 0 Å². The molecule has 0 heterocycles. The van der Waals surface area contributed by atoms with Crippen molar-refractivity contribution in [1.29, 1.82) is 0 Å². The zero-order chi connectivity index (χ0) is 21.6. The van der Waals surface area contributed by atoms with Gasteiger partial charge < -0.3 is 0 Å². The summed E-state index contributed by atoms with van der Waals surface area (Å²) in [5.41, 5.74) is 2.46. The molecule has 0 fully saturated rings. The van der Waals surface area contributed by atoms with Gasteiger partial charge in [-0.2, -0.15) is 5.10 Å². The zero-order valence-electron chi connectivity index (χ0n) is 15.6. The maximum atomic E-state index is 14.3. The van der Waals surface area contributed by atoms with Crippen molar-refractivity contribution in [2.24, 2.45) is 5.10 Å². The number of carbonyl (C=O) groups excluding carboxylic acids is 1. The van der Waals surface area contributed by atoms with Gasteiger partial charge in [0.2, 0.25) is 0 Å². The van der Waals surface area contributed by atoms with Crippen LogP contribution in [0, 0.1) is 11.6 Å². The molecule has 0 aromatic heterocycles. The summed E-state index contributed by atoms with van der Waals surface area (Å²) in [6.45, 7) is -0.696. The molecule has 3 rings (SSSR count). The maximum Gasteiger partial charge on any atom is 0.264 e. The first-order valence-electron chi connectivity index (χ1n) is 8.78. The molecular weight excluding hydrogens is 412 g/mol. The van der Waals surface area contributed by atoms with Gasteiger partial charge >= 0.3 is 0 Å². The SMILES string of the molecule is O=C(CN(c1ccccc1F)S(=O)(=O)c1ccccc1)N/N=C\c1ccc(F)cc1. The summed E-state index contributed by atoms with van der Waals surface area (Å²) >= 11 is 0. The van der Waals surface area contributed by atoms with E-state index >= 15 is 0 Å². The van der Waals surface area contributed by atoms with E-state index < -0.39 is 34.1 Å². The summed E-state index contributed by atoms with van der Waals surface area (Å²) < 4.78 is 54.0. The summed E-state index contributed by atoms with van der Waals surface area (Å²) in [7, 11) is -4.21. The minimum absolute atomic E-state index is 0.0872. The Kier molecular flexibility index (Phi) is 6.53. The first kappa shape index (κ1) is 21.1. The Morgan fingerprint density at radius 2 is 1.57 bits per heavy atom. The van der Waals surface area contributed by atoms with Crippen molar-refractivity contribution in [3.05, 3.63) is 96.1 Å². The van der Waals surface area contributed by atoms with Gasteiger partial charge in [0, 0.05) is 0 Å². The molecule has 3 aromatic carbocycles. The number of hydrogen-bond acceptors (Lipinski definition) is 4. The number of nitrogens with one attached hydrogen (secondary N) is 1.